The van der Waals surface area contributed by atoms with Gasteiger partial charge in [0.1, 0.15) is 42.2 Å². The molecule has 11 heteroatoms. The highest BCUT2D eigenvalue weighted by Crippen LogP contribution is 2.81. The SMILES string of the molecule is CC(C)CC(=O)OC[C@]12[C@@H]3O[C@]4(O)C[C@](C)(O3)[C@]1(O[C@@H]1O[C@H](CO)[C@@H](O)[C@H](O)[C@H]1O)C[C@@H]24. The fraction of sp³-hybridized carbons (Fsp3) is 0.952. The Morgan fingerprint density at radius 2 is 1.88 bits per heavy atom. The quantitative estimate of drug-likeness (QED) is 0.277. The summed E-state index contributed by atoms with van der Waals surface area (Å²) in [5.41, 5.74) is -3.22. The van der Waals surface area contributed by atoms with Crippen molar-refractivity contribution in [1.29, 1.82) is 0 Å². The molecule has 4 heterocycles. The van der Waals surface area contributed by atoms with Crippen LogP contribution in [-0.4, -0.2) is 98.7 Å². The largest absolute Gasteiger partial charge is 0.465 e. The fourth-order valence-electron chi connectivity index (χ4n) is 6.62. The second kappa shape index (κ2) is 7.06. The molecule has 6 bridgehead atoms. The molecule has 4 aliphatic heterocycles. The van der Waals surface area contributed by atoms with Gasteiger partial charge in [0.2, 0.25) is 0 Å². The maximum absolute atomic E-state index is 12.3. The topological polar surface area (TPSA) is 164 Å². The Kier molecular flexibility index (Phi) is 5.05. The van der Waals surface area contributed by atoms with E-state index in [1.807, 2.05) is 13.8 Å². The molecule has 5 N–H and O–H groups in total. The molecule has 0 aromatic rings. The van der Waals surface area contributed by atoms with Crippen molar-refractivity contribution in [2.75, 3.05) is 13.2 Å². The van der Waals surface area contributed by atoms with Crippen LogP contribution in [0, 0.1) is 17.3 Å². The standard InChI is InChI=1S/C21H32O11/c1-9(2)4-12(23)28-8-19-11-5-21(19,18(3)7-20(11,27)32-17(19)31-18)30-16-15(26)14(25)13(24)10(6-22)29-16/h9-11,13-17,22,24-27H,4-8H2,1-3H3/t10-,11+,13-,14+,15-,16+,17+,18+,19+,20-,21-/m1/s1. The van der Waals surface area contributed by atoms with E-state index in [9.17, 15) is 30.3 Å². The summed E-state index contributed by atoms with van der Waals surface area (Å²) in [4.78, 5) is 12.3. The van der Waals surface area contributed by atoms with Crippen molar-refractivity contribution in [3.8, 4) is 0 Å². The molecule has 3 aliphatic carbocycles. The van der Waals surface area contributed by atoms with E-state index >= 15 is 0 Å². The average Bonchev–Trinajstić information content (AvgIpc) is 2.88. The Balaban J connectivity index is 1.45. The lowest BCUT2D eigenvalue weighted by Crippen LogP contribution is -2.80. The van der Waals surface area contributed by atoms with Crippen LogP contribution >= 0.6 is 0 Å². The number of hydrogen-bond acceptors (Lipinski definition) is 11. The fourth-order valence-corrected chi connectivity index (χ4v) is 6.62. The summed E-state index contributed by atoms with van der Waals surface area (Å²) in [5, 5.41) is 51.4. The second-order valence-electron chi connectivity index (χ2n) is 10.5. The predicted octanol–water partition coefficient (Wildman–Crippen LogP) is -1.63. The van der Waals surface area contributed by atoms with Crippen molar-refractivity contribution < 1.29 is 54.0 Å². The zero-order chi connectivity index (χ0) is 23.3. The van der Waals surface area contributed by atoms with Gasteiger partial charge in [-0.2, -0.15) is 0 Å². The van der Waals surface area contributed by atoms with Crippen LogP contribution in [-0.2, 0) is 28.5 Å². The number of aliphatic hydroxyl groups excluding tert-OH is 4. The van der Waals surface area contributed by atoms with Crippen LogP contribution in [0.4, 0.5) is 0 Å². The molecule has 182 valence electrons. The third kappa shape index (κ3) is 2.65. The zero-order valence-corrected chi connectivity index (χ0v) is 18.3. The monoisotopic (exact) mass is 460 g/mol. The molecule has 0 aromatic heterocycles. The number of ether oxygens (including phenoxy) is 5. The van der Waals surface area contributed by atoms with Gasteiger partial charge in [0, 0.05) is 18.8 Å². The van der Waals surface area contributed by atoms with Gasteiger partial charge in [-0.1, -0.05) is 13.8 Å². The number of hydrogen-bond donors (Lipinski definition) is 5. The molecule has 4 saturated heterocycles. The summed E-state index contributed by atoms with van der Waals surface area (Å²) in [7, 11) is 0. The van der Waals surface area contributed by atoms with Gasteiger partial charge in [0.15, 0.2) is 18.4 Å². The Morgan fingerprint density at radius 3 is 2.53 bits per heavy atom. The van der Waals surface area contributed by atoms with Crippen molar-refractivity contribution in [2.24, 2.45) is 17.3 Å². The molecule has 0 aromatic carbocycles. The second-order valence-corrected chi connectivity index (χ2v) is 10.5. The molecule has 11 atom stereocenters. The number of aliphatic hydroxyl groups is 5. The highest BCUT2D eigenvalue weighted by atomic mass is 16.8. The molecule has 7 rings (SSSR count). The van der Waals surface area contributed by atoms with Crippen molar-refractivity contribution in [3.63, 3.8) is 0 Å². The maximum Gasteiger partial charge on any atom is 0.306 e. The Morgan fingerprint density at radius 1 is 1.16 bits per heavy atom. The number of esters is 1. The van der Waals surface area contributed by atoms with Crippen LogP contribution in [0.3, 0.4) is 0 Å². The van der Waals surface area contributed by atoms with E-state index in [0.29, 0.717) is 6.42 Å². The summed E-state index contributed by atoms with van der Waals surface area (Å²) < 4.78 is 29.5. The van der Waals surface area contributed by atoms with E-state index in [2.05, 4.69) is 0 Å². The van der Waals surface area contributed by atoms with Gasteiger partial charge in [0.05, 0.1) is 12.0 Å². The lowest BCUT2D eigenvalue weighted by molar-refractivity contribution is -0.424. The highest BCUT2D eigenvalue weighted by molar-refractivity contribution is 5.69. The van der Waals surface area contributed by atoms with Crippen LogP contribution in [0.15, 0.2) is 0 Å². The summed E-state index contributed by atoms with van der Waals surface area (Å²) in [6.45, 7) is 4.88. The molecule has 0 radical (unpaired) electrons. The first-order valence-electron chi connectivity index (χ1n) is 11.1. The van der Waals surface area contributed by atoms with Gasteiger partial charge >= 0.3 is 5.97 Å². The normalized spacial score (nSPS) is 55.3. The van der Waals surface area contributed by atoms with Crippen LogP contribution in [0.1, 0.15) is 40.0 Å². The van der Waals surface area contributed by atoms with Crippen molar-refractivity contribution in [3.05, 3.63) is 0 Å². The van der Waals surface area contributed by atoms with Crippen molar-refractivity contribution >= 4 is 5.97 Å². The van der Waals surface area contributed by atoms with Crippen LogP contribution in [0.5, 0.6) is 0 Å². The third-order valence-corrected chi connectivity index (χ3v) is 8.17. The van der Waals surface area contributed by atoms with Gasteiger partial charge in [-0.25, -0.2) is 0 Å². The Bertz CT molecular complexity index is 790. The van der Waals surface area contributed by atoms with E-state index in [-0.39, 0.29) is 31.3 Å². The molecule has 7 fully saturated rings. The Labute approximate surface area is 185 Å². The van der Waals surface area contributed by atoms with Crippen LogP contribution in [0.25, 0.3) is 0 Å². The van der Waals surface area contributed by atoms with E-state index in [1.54, 1.807) is 6.92 Å². The molecule has 11 nitrogen and oxygen atoms in total. The first kappa shape index (κ1) is 22.9. The van der Waals surface area contributed by atoms with Gasteiger partial charge in [-0.3, -0.25) is 4.79 Å². The molecule has 0 amide bonds. The van der Waals surface area contributed by atoms with Crippen molar-refractivity contribution in [1.82, 2.24) is 0 Å². The Hall–Kier alpha value is -0.890. The lowest BCUT2D eigenvalue weighted by Gasteiger charge is -2.67. The van der Waals surface area contributed by atoms with Crippen LogP contribution < -0.4 is 0 Å². The molecular weight excluding hydrogens is 428 g/mol. The summed E-state index contributed by atoms with van der Waals surface area (Å²) in [6, 6.07) is 0. The van der Waals surface area contributed by atoms with Gasteiger partial charge in [-0.05, 0) is 19.3 Å². The first-order valence-corrected chi connectivity index (χ1v) is 11.1. The summed E-state index contributed by atoms with van der Waals surface area (Å²) in [5.74, 6) is -2.14. The lowest BCUT2D eigenvalue weighted by atomic mass is 9.41. The van der Waals surface area contributed by atoms with Gasteiger partial charge in [0.25, 0.3) is 0 Å². The molecule has 0 unspecified atom stereocenters. The van der Waals surface area contributed by atoms with Crippen molar-refractivity contribution in [2.45, 2.75) is 94.0 Å². The summed E-state index contributed by atoms with van der Waals surface area (Å²) in [6.07, 6.45) is -7.46. The van der Waals surface area contributed by atoms with Gasteiger partial charge < -0.3 is 49.2 Å². The molecule has 3 saturated carbocycles. The van der Waals surface area contributed by atoms with E-state index in [0.717, 1.165) is 0 Å². The number of rotatable bonds is 7. The minimum atomic E-state index is -1.60. The highest BCUT2D eigenvalue weighted by Gasteiger charge is 2.94. The van der Waals surface area contributed by atoms with E-state index < -0.39 is 71.9 Å². The minimum Gasteiger partial charge on any atom is -0.465 e. The zero-order valence-electron chi connectivity index (χ0n) is 18.3. The number of carbonyl (C=O) groups is 1. The molecule has 0 spiro atoms. The first-order chi connectivity index (χ1) is 14.9. The minimum absolute atomic E-state index is 0.108. The predicted molar refractivity (Wildman–Crippen MR) is 102 cm³/mol. The molecule has 32 heavy (non-hydrogen) atoms. The maximum atomic E-state index is 12.3. The summed E-state index contributed by atoms with van der Waals surface area (Å²) >= 11 is 0. The van der Waals surface area contributed by atoms with E-state index in [1.165, 1.54) is 0 Å². The van der Waals surface area contributed by atoms with Gasteiger partial charge in [-0.15, -0.1) is 0 Å². The average molecular weight is 460 g/mol. The molecular formula is C21H32O11. The third-order valence-electron chi connectivity index (χ3n) is 8.17. The molecule has 7 aliphatic rings. The number of carbonyl (C=O) groups excluding carboxylic acids is 1. The smallest absolute Gasteiger partial charge is 0.306 e. The van der Waals surface area contributed by atoms with Crippen LogP contribution in [0.2, 0.25) is 0 Å². The van der Waals surface area contributed by atoms with E-state index in [4.69, 9.17) is 23.7 Å².